The molecule has 1 aliphatic rings. The monoisotopic (exact) mass is 409 g/mol. The van der Waals surface area contributed by atoms with Crippen LogP contribution < -0.4 is 22.1 Å². The van der Waals surface area contributed by atoms with Crippen LogP contribution in [-0.4, -0.2) is 30.9 Å². The number of nitrogens with two attached hydrogens (primary N) is 2. The number of nitrogens with zero attached hydrogens (tertiary/aromatic N) is 1. The summed E-state index contributed by atoms with van der Waals surface area (Å²) in [4.78, 5) is 29.9. The molecule has 0 saturated heterocycles. The predicted octanol–water partition coefficient (Wildman–Crippen LogP) is 2.19. The summed E-state index contributed by atoms with van der Waals surface area (Å²) in [7, 11) is 0. The lowest BCUT2D eigenvalue weighted by Gasteiger charge is -2.26. The lowest BCUT2D eigenvalue weighted by molar-refractivity contribution is -0.143. The molecular formula is C23H31N5O2. The van der Waals surface area contributed by atoms with Crippen LogP contribution in [0.3, 0.4) is 0 Å². The van der Waals surface area contributed by atoms with Crippen molar-refractivity contribution in [3.63, 3.8) is 0 Å². The fourth-order valence-electron chi connectivity index (χ4n) is 4.05. The van der Waals surface area contributed by atoms with E-state index in [9.17, 15) is 9.59 Å². The molecule has 0 aromatic heterocycles. The van der Waals surface area contributed by atoms with Gasteiger partial charge in [-0.3, -0.25) is 14.6 Å². The van der Waals surface area contributed by atoms with Crippen molar-refractivity contribution in [3.05, 3.63) is 48.0 Å². The van der Waals surface area contributed by atoms with E-state index >= 15 is 0 Å². The normalized spacial score (nSPS) is 14.9. The molecule has 0 aliphatic heterocycles. The highest BCUT2D eigenvalue weighted by molar-refractivity contribution is 6.05. The average molecular weight is 410 g/mol. The summed E-state index contributed by atoms with van der Waals surface area (Å²) in [6.07, 6.45) is 4.51. The molecule has 0 unspecified atom stereocenters. The van der Waals surface area contributed by atoms with Gasteiger partial charge < -0.3 is 22.1 Å². The van der Waals surface area contributed by atoms with E-state index in [1.165, 1.54) is 5.39 Å². The summed E-state index contributed by atoms with van der Waals surface area (Å²) in [5.74, 6) is -0.268. The van der Waals surface area contributed by atoms with Crippen molar-refractivity contribution in [2.24, 2.45) is 21.9 Å². The van der Waals surface area contributed by atoms with Gasteiger partial charge in [0.1, 0.15) is 5.41 Å². The van der Waals surface area contributed by atoms with Crippen LogP contribution in [0.4, 0.5) is 0 Å². The first-order valence-corrected chi connectivity index (χ1v) is 10.6. The fraction of sp³-hybridized carbons (Fsp3) is 0.435. The summed E-state index contributed by atoms with van der Waals surface area (Å²) >= 11 is 0. The second kappa shape index (κ2) is 10.1. The molecule has 1 fully saturated rings. The molecule has 7 nitrogen and oxygen atoms in total. The van der Waals surface area contributed by atoms with Gasteiger partial charge in [0.05, 0.1) is 0 Å². The Morgan fingerprint density at radius 3 is 2.37 bits per heavy atom. The van der Waals surface area contributed by atoms with Crippen LogP contribution in [-0.2, 0) is 16.1 Å². The van der Waals surface area contributed by atoms with Gasteiger partial charge in [0.15, 0.2) is 5.96 Å². The number of hydrogen-bond acceptors (Lipinski definition) is 3. The van der Waals surface area contributed by atoms with E-state index in [-0.39, 0.29) is 17.8 Å². The van der Waals surface area contributed by atoms with Crippen molar-refractivity contribution in [2.75, 3.05) is 13.1 Å². The summed E-state index contributed by atoms with van der Waals surface area (Å²) < 4.78 is 0. The highest BCUT2D eigenvalue weighted by atomic mass is 16.2. The Morgan fingerprint density at radius 1 is 0.933 bits per heavy atom. The molecule has 7 heteroatoms. The van der Waals surface area contributed by atoms with Crippen LogP contribution in [0, 0.1) is 5.41 Å². The molecular weight excluding hydrogens is 378 g/mol. The number of aliphatic imine (C=N–C) groups is 1. The number of nitrogens with one attached hydrogen (secondary N) is 2. The van der Waals surface area contributed by atoms with E-state index in [0.29, 0.717) is 32.5 Å². The molecule has 2 amide bonds. The van der Waals surface area contributed by atoms with Crippen LogP contribution in [0.1, 0.15) is 44.1 Å². The second-order valence-electron chi connectivity index (χ2n) is 7.92. The number of fused-ring (bicyclic) bond motifs is 1. The molecule has 1 saturated carbocycles. The van der Waals surface area contributed by atoms with Gasteiger partial charge in [-0.25, -0.2) is 0 Å². The quantitative estimate of drug-likeness (QED) is 0.219. The van der Waals surface area contributed by atoms with Gasteiger partial charge in [0, 0.05) is 19.6 Å². The standard InChI is InChI=1S/C23H31N5O2/c24-22(25)27-14-6-5-13-26-20(29)23(11-3-4-12-23)21(30)28-16-17-9-10-18-7-1-2-8-19(18)15-17/h1-2,7-10,15H,3-6,11-14,16H2,(H,26,29)(H,28,30)(H4,24,25,27). The minimum Gasteiger partial charge on any atom is -0.370 e. The molecule has 3 rings (SSSR count). The Labute approximate surface area is 177 Å². The van der Waals surface area contributed by atoms with E-state index < -0.39 is 5.41 Å². The average Bonchev–Trinajstić information content (AvgIpc) is 3.25. The van der Waals surface area contributed by atoms with Crippen LogP contribution in [0.15, 0.2) is 47.5 Å². The molecule has 2 aromatic carbocycles. The molecule has 2 aromatic rings. The fourth-order valence-corrected chi connectivity index (χ4v) is 4.05. The minimum atomic E-state index is -0.962. The van der Waals surface area contributed by atoms with Crippen molar-refractivity contribution in [1.29, 1.82) is 0 Å². The van der Waals surface area contributed by atoms with E-state index in [1.807, 2.05) is 18.2 Å². The summed E-state index contributed by atoms with van der Waals surface area (Å²) in [6.45, 7) is 1.46. The minimum absolute atomic E-state index is 0.0760. The molecule has 160 valence electrons. The summed E-state index contributed by atoms with van der Waals surface area (Å²) in [6, 6.07) is 14.3. The van der Waals surface area contributed by atoms with Gasteiger partial charge in [0.25, 0.3) is 0 Å². The molecule has 30 heavy (non-hydrogen) atoms. The molecule has 0 heterocycles. The zero-order valence-corrected chi connectivity index (χ0v) is 17.3. The zero-order chi connectivity index (χ0) is 21.4. The molecule has 0 atom stereocenters. The SMILES string of the molecule is NC(N)=NCCCCNC(=O)C1(C(=O)NCc2ccc3ccccc3c2)CCCC1. The molecule has 6 N–H and O–H groups in total. The van der Waals surface area contributed by atoms with Crippen molar-refractivity contribution >= 4 is 28.5 Å². The number of guanidine groups is 1. The topological polar surface area (TPSA) is 123 Å². The van der Waals surface area contributed by atoms with Crippen LogP contribution in [0.5, 0.6) is 0 Å². The highest BCUT2D eigenvalue weighted by Crippen LogP contribution is 2.38. The predicted molar refractivity (Wildman–Crippen MR) is 120 cm³/mol. The number of rotatable bonds is 9. The van der Waals surface area contributed by atoms with Gasteiger partial charge in [0.2, 0.25) is 11.8 Å². The molecule has 0 bridgehead atoms. The first-order chi connectivity index (χ1) is 14.5. The Balaban J connectivity index is 1.55. The zero-order valence-electron chi connectivity index (χ0n) is 17.3. The van der Waals surface area contributed by atoms with Crippen LogP contribution >= 0.6 is 0 Å². The van der Waals surface area contributed by atoms with Gasteiger partial charge in [-0.2, -0.15) is 0 Å². The van der Waals surface area contributed by atoms with Gasteiger partial charge in [-0.1, -0.05) is 49.2 Å². The Bertz CT molecular complexity index is 915. The Kier molecular flexibility index (Phi) is 7.27. The summed E-state index contributed by atoms with van der Waals surface area (Å²) in [5, 5.41) is 8.25. The molecule has 1 aliphatic carbocycles. The highest BCUT2D eigenvalue weighted by Gasteiger charge is 2.47. The lowest BCUT2D eigenvalue weighted by Crippen LogP contribution is -2.50. The number of hydrogen-bond donors (Lipinski definition) is 4. The van der Waals surface area contributed by atoms with Crippen molar-refractivity contribution in [1.82, 2.24) is 10.6 Å². The summed E-state index contributed by atoms with van der Waals surface area (Å²) in [5.41, 5.74) is 10.7. The van der Waals surface area contributed by atoms with E-state index in [0.717, 1.165) is 36.6 Å². The first kappa shape index (κ1) is 21.6. The Hall–Kier alpha value is -3.09. The number of amides is 2. The lowest BCUT2D eigenvalue weighted by atomic mass is 9.83. The molecule has 0 radical (unpaired) electrons. The number of benzene rings is 2. The largest absolute Gasteiger partial charge is 0.370 e. The maximum Gasteiger partial charge on any atom is 0.235 e. The first-order valence-electron chi connectivity index (χ1n) is 10.6. The maximum atomic E-state index is 13.0. The van der Waals surface area contributed by atoms with Crippen molar-refractivity contribution in [2.45, 2.75) is 45.1 Å². The third-order valence-corrected chi connectivity index (χ3v) is 5.76. The number of unbranched alkanes of at least 4 members (excludes halogenated alkanes) is 1. The van der Waals surface area contributed by atoms with E-state index in [4.69, 9.17) is 11.5 Å². The number of carbonyl (C=O) groups is 2. The van der Waals surface area contributed by atoms with Gasteiger partial charge in [-0.05, 0) is 48.1 Å². The maximum absolute atomic E-state index is 13.0. The van der Waals surface area contributed by atoms with Crippen molar-refractivity contribution in [3.8, 4) is 0 Å². The number of carbonyl (C=O) groups excluding carboxylic acids is 2. The Morgan fingerprint density at radius 2 is 1.63 bits per heavy atom. The van der Waals surface area contributed by atoms with Crippen molar-refractivity contribution < 1.29 is 9.59 Å². The van der Waals surface area contributed by atoms with E-state index in [1.54, 1.807) is 0 Å². The van der Waals surface area contributed by atoms with Gasteiger partial charge in [-0.15, -0.1) is 0 Å². The smallest absolute Gasteiger partial charge is 0.235 e. The third kappa shape index (κ3) is 5.28. The van der Waals surface area contributed by atoms with E-state index in [2.05, 4.69) is 39.9 Å². The molecule has 0 spiro atoms. The van der Waals surface area contributed by atoms with Crippen LogP contribution in [0.2, 0.25) is 0 Å². The van der Waals surface area contributed by atoms with Gasteiger partial charge >= 0.3 is 0 Å². The van der Waals surface area contributed by atoms with Crippen LogP contribution in [0.25, 0.3) is 10.8 Å². The second-order valence-corrected chi connectivity index (χ2v) is 7.92. The third-order valence-electron chi connectivity index (χ3n) is 5.76.